The minimum atomic E-state index is -4.25. The summed E-state index contributed by atoms with van der Waals surface area (Å²) < 4.78 is 39.0. The molecule has 1 aliphatic carbocycles. The molecule has 0 heterocycles. The lowest BCUT2D eigenvalue weighted by Crippen LogP contribution is -2.43. The second-order valence-corrected chi connectivity index (χ2v) is 6.34. The lowest BCUT2D eigenvalue weighted by atomic mass is 9.78. The van der Waals surface area contributed by atoms with Gasteiger partial charge in [0.1, 0.15) is 0 Å². The van der Waals surface area contributed by atoms with Crippen molar-refractivity contribution in [1.82, 2.24) is 4.90 Å². The zero-order valence-corrected chi connectivity index (χ0v) is 13.5. The molecule has 1 amide bonds. The topological polar surface area (TPSA) is 20.3 Å². The van der Waals surface area contributed by atoms with Crippen molar-refractivity contribution in [1.29, 1.82) is 0 Å². The molecule has 1 fully saturated rings. The molecule has 0 aromatic heterocycles. The Labute approximate surface area is 127 Å². The molecule has 2 unspecified atom stereocenters. The van der Waals surface area contributed by atoms with Gasteiger partial charge in [-0.15, -0.1) is 0 Å². The molecule has 1 rings (SSSR count). The van der Waals surface area contributed by atoms with E-state index in [-0.39, 0.29) is 12.3 Å². The van der Waals surface area contributed by atoms with Gasteiger partial charge in [-0.25, -0.2) is 0 Å². The fourth-order valence-corrected chi connectivity index (χ4v) is 3.23. The first-order valence-corrected chi connectivity index (χ1v) is 8.37. The van der Waals surface area contributed by atoms with Crippen molar-refractivity contribution in [3.8, 4) is 0 Å². The van der Waals surface area contributed by atoms with Crippen LogP contribution in [-0.2, 0) is 4.79 Å². The zero-order valence-electron chi connectivity index (χ0n) is 11.9. The average molecular weight is 358 g/mol. The number of halogens is 4. The number of alkyl halides is 4. The highest BCUT2D eigenvalue weighted by atomic mass is 79.9. The van der Waals surface area contributed by atoms with E-state index < -0.39 is 18.0 Å². The highest BCUT2D eigenvalue weighted by Crippen LogP contribution is 2.42. The first kappa shape index (κ1) is 17.8. The third-order valence-corrected chi connectivity index (χ3v) is 4.57. The van der Waals surface area contributed by atoms with Crippen molar-refractivity contribution in [3.63, 3.8) is 0 Å². The number of nitrogens with zero attached hydrogens (tertiary/aromatic N) is 1. The monoisotopic (exact) mass is 357 g/mol. The van der Waals surface area contributed by atoms with Crippen molar-refractivity contribution >= 4 is 21.8 Å². The van der Waals surface area contributed by atoms with Crippen LogP contribution in [0.25, 0.3) is 0 Å². The van der Waals surface area contributed by atoms with Crippen LogP contribution in [0.1, 0.15) is 44.9 Å². The fraction of sp³-hybridized carbons (Fsp3) is 0.929. The SMILES string of the molecule is CN(CCCCCBr)C(=O)C1CCCCC1C(F)(F)F. The van der Waals surface area contributed by atoms with E-state index in [4.69, 9.17) is 0 Å². The maximum Gasteiger partial charge on any atom is 0.392 e. The third kappa shape index (κ3) is 5.26. The van der Waals surface area contributed by atoms with E-state index in [9.17, 15) is 18.0 Å². The summed E-state index contributed by atoms with van der Waals surface area (Å²) in [7, 11) is 1.62. The molecule has 6 heteroatoms. The van der Waals surface area contributed by atoms with E-state index in [1.165, 1.54) is 4.90 Å². The van der Waals surface area contributed by atoms with Gasteiger partial charge in [-0.3, -0.25) is 4.79 Å². The lowest BCUT2D eigenvalue weighted by Gasteiger charge is -2.34. The highest BCUT2D eigenvalue weighted by molar-refractivity contribution is 9.09. The fourth-order valence-electron chi connectivity index (χ4n) is 2.83. The molecule has 118 valence electrons. The maximum absolute atomic E-state index is 13.0. The predicted octanol–water partition coefficient (Wildman–Crippen LogP) is 4.38. The normalized spacial score (nSPS) is 23.6. The Morgan fingerprint density at radius 2 is 1.85 bits per heavy atom. The number of carbonyl (C=O) groups excluding carboxylic acids is 1. The molecule has 0 saturated heterocycles. The van der Waals surface area contributed by atoms with E-state index in [2.05, 4.69) is 15.9 Å². The van der Waals surface area contributed by atoms with Crippen LogP contribution in [0.2, 0.25) is 0 Å². The summed E-state index contributed by atoms with van der Waals surface area (Å²) in [6, 6.07) is 0. The van der Waals surface area contributed by atoms with Gasteiger partial charge >= 0.3 is 6.18 Å². The molecule has 0 radical (unpaired) electrons. The van der Waals surface area contributed by atoms with Gasteiger partial charge in [0.15, 0.2) is 0 Å². The Morgan fingerprint density at radius 1 is 1.20 bits per heavy atom. The summed E-state index contributed by atoms with van der Waals surface area (Å²) in [5, 5.41) is 0.920. The molecule has 2 atom stereocenters. The molecule has 20 heavy (non-hydrogen) atoms. The molecule has 0 aromatic rings. The Bertz CT molecular complexity index is 309. The second-order valence-electron chi connectivity index (χ2n) is 5.55. The molecule has 0 N–H and O–H groups in total. The van der Waals surface area contributed by atoms with Crippen LogP contribution in [0.15, 0.2) is 0 Å². The van der Waals surface area contributed by atoms with Crippen LogP contribution in [0, 0.1) is 11.8 Å². The number of rotatable bonds is 6. The standard InChI is InChI=1S/C14H23BrF3NO/c1-19(10-6-2-5-9-15)13(20)11-7-3-4-8-12(11)14(16,17)18/h11-12H,2-10H2,1H3. The largest absolute Gasteiger partial charge is 0.392 e. The Morgan fingerprint density at radius 3 is 2.45 bits per heavy atom. The van der Waals surface area contributed by atoms with Crippen LogP contribution < -0.4 is 0 Å². The molecular weight excluding hydrogens is 335 g/mol. The second kappa shape index (κ2) is 8.25. The molecular formula is C14H23BrF3NO. The summed E-state index contributed by atoms with van der Waals surface area (Å²) in [5.41, 5.74) is 0. The van der Waals surface area contributed by atoms with Gasteiger partial charge in [-0.2, -0.15) is 13.2 Å². The minimum absolute atomic E-state index is 0.0946. The van der Waals surface area contributed by atoms with Crippen LogP contribution in [0.4, 0.5) is 13.2 Å². The van der Waals surface area contributed by atoms with Gasteiger partial charge in [-0.05, 0) is 25.7 Å². The molecule has 2 nitrogen and oxygen atoms in total. The smallest absolute Gasteiger partial charge is 0.346 e. The molecule has 0 aliphatic heterocycles. The van der Waals surface area contributed by atoms with Crippen molar-refractivity contribution in [3.05, 3.63) is 0 Å². The van der Waals surface area contributed by atoms with Gasteiger partial charge < -0.3 is 4.90 Å². The van der Waals surface area contributed by atoms with Crippen LogP contribution in [-0.4, -0.2) is 35.9 Å². The Kier molecular flexibility index (Phi) is 7.34. The van der Waals surface area contributed by atoms with Crippen molar-refractivity contribution in [2.45, 2.75) is 51.1 Å². The summed E-state index contributed by atoms with van der Waals surface area (Å²) in [6.07, 6.45) is 0.358. The molecule has 1 aliphatic rings. The highest BCUT2D eigenvalue weighted by Gasteiger charge is 2.48. The van der Waals surface area contributed by atoms with E-state index in [0.717, 1.165) is 31.0 Å². The van der Waals surface area contributed by atoms with Gasteiger partial charge in [0, 0.05) is 24.8 Å². The van der Waals surface area contributed by atoms with Gasteiger partial charge in [0.05, 0.1) is 5.92 Å². The van der Waals surface area contributed by atoms with E-state index >= 15 is 0 Å². The molecule has 1 saturated carbocycles. The average Bonchev–Trinajstić information content (AvgIpc) is 2.41. The first-order chi connectivity index (χ1) is 9.38. The van der Waals surface area contributed by atoms with Crippen LogP contribution >= 0.6 is 15.9 Å². The van der Waals surface area contributed by atoms with Crippen molar-refractivity contribution in [2.75, 3.05) is 18.9 Å². The third-order valence-electron chi connectivity index (χ3n) is 4.01. The number of unbranched alkanes of at least 4 members (excludes halogenated alkanes) is 2. The Hall–Kier alpha value is -0.260. The summed E-state index contributed by atoms with van der Waals surface area (Å²) in [4.78, 5) is 13.7. The zero-order chi connectivity index (χ0) is 15.2. The number of hydrogen-bond acceptors (Lipinski definition) is 1. The summed E-state index contributed by atoms with van der Waals surface area (Å²) in [6.45, 7) is 0.549. The minimum Gasteiger partial charge on any atom is -0.346 e. The predicted molar refractivity (Wildman–Crippen MR) is 76.8 cm³/mol. The summed E-state index contributed by atoms with van der Waals surface area (Å²) >= 11 is 3.33. The van der Waals surface area contributed by atoms with Crippen LogP contribution in [0.3, 0.4) is 0 Å². The first-order valence-electron chi connectivity index (χ1n) is 7.25. The lowest BCUT2D eigenvalue weighted by molar-refractivity contribution is -0.200. The molecule has 0 bridgehead atoms. The number of carbonyl (C=O) groups is 1. The number of hydrogen-bond donors (Lipinski definition) is 0. The van der Waals surface area contributed by atoms with Crippen LogP contribution in [0.5, 0.6) is 0 Å². The van der Waals surface area contributed by atoms with E-state index in [1.807, 2.05) is 0 Å². The Balaban J connectivity index is 2.54. The molecule has 0 aromatic carbocycles. The molecule has 0 spiro atoms. The maximum atomic E-state index is 13.0. The van der Waals surface area contributed by atoms with Crippen molar-refractivity contribution in [2.24, 2.45) is 11.8 Å². The van der Waals surface area contributed by atoms with E-state index in [0.29, 0.717) is 19.4 Å². The van der Waals surface area contributed by atoms with Gasteiger partial charge in [0.2, 0.25) is 5.91 Å². The van der Waals surface area contributed by atoms with Gasteiger partial charge in [-0.1, -0.05) is 35.2 Å². The van der Waals surface area contributed by atoms with Gasteiger partial charge in [0.25, 0.3) is 0 Å². The number of amides is 1. The van der Waals surface area contributed by atoms with E-state index in [1.54, 1.807) is 7.05 Å². The van der Waals surface area contributed by atoms with Crippen molar-refractivity contribution < 1.29 is 18.0 Å². The quantitative estimate of drug-likeness (QED) is 0.510. The summed E-state index contributed by atoms with van der Waals surface area (Å²) in [5.74, 6) is -2.65.